The third-order valence-corrected chi connectivity index (χ3v) is 2.40. The van der Waals surface area contributed by atoms with Gasteiger partial charge >= 0.3 is 0 Å². The minimum Gasteiger partial charge on any atom is -0.380 e. The molecule has 0 spiro atoms. The summed E-state index contributed by atoms with van der Waals surface area (Å²) in [6, 6.07) is 1.82. The predicted octanol–water partition coefficient (Wildman–Crippen LogP) is 0.937. The van der Waals surface area contributed by atoms with Crippen molar-refractivity contribution in [3.63, 3.8) is 0 Å². The summed E-state index contributed by atoms with van der Waals surface area (Å²) in [6.07, 6.45) is 3.47. The zero-order valence-corrected chi connectivity index (χ0v) is 11.7. The molecule has 8 heteroatoms. The smallest absolute Gasteiger partial charge is 0.257 e. The summed E-state index contributed by atoms with van der Waals surface area (Å²) in [5.41, 5.74) is 0. The topological polar surface area (TPSA) is 89.8 Å². The minimum absolute atomic E-state index is 0.472. The van der Waals surface area contributed by atoms with Crippen LogP contribution >= 0.6 is 0 Å². The quantitative estimate of drug-likeness (QED) is 0.694. The lowest BCUT2D eigenvalue weighted by atomic mass is 10.6. The summed E-state index contributed by atoms with van der Waals surface area (Å²) in [7, 11) is 0. The van der Waals surface area contributed by atoms with Crippen LogP contribution in [0.5, 0.6) is 0 Å². The second-order valence-electron chi connectivity index (χ2n) is 3.89. The van der Waals surface area contributed by atoms with Gasteiger partial charge in [0.2, 0.25) is 11.9 Å². The van der Waals surface area contributed by atoms with E-state index in [-0.39, 0.29) is 0 Å². The largest absolute Gasteiger partial charge is 0.380 e. The fourth-order valence-electron chi connectivity index (χ4n) is 1.55. The standard InChI is InChI=1S/C12H19N7O/c1-3-13-10-16-11(14-7-9-20-4-2)18-12(17-10)19-8-5-6-15-19/h5-6,8H,3-4,7,9H2,1-2H3,(H2,13,14,16,17,18). The molecule has 2 aromatic rings. The molecule has 0 aliphatic carbocycles. The van der Waals surface area contributed by atoms with Crippen LogP contribution in [0.3, 0.4) is 0 Å². The van der Waals surface area contributed by atoms with Gasteiger partial charge in [0.1, 0.15) is 0 Å². The molecule has 2 aromatic heterocycles. The van der Waals surface area contributed by atoms with Gasteiger partial charge in [-0.3, -0.25) is 0 Å². The molecule has 0 unspecified atom stereocenters. The molecule has 2 heterocycles. The SMILES string of the molecule is CCNc1nc(NCCOCC)nc(-n2cccn2)n1. The molecular weight excluding hydrogens is 258 g/mol. The van der Waals surface area contributed by atoms with Crippen molar-refractivity contribution >= 4 is 11.9 Å². The first-order valence-electron chi connectivity index (χ1n) is 6.65. The summed E-state index contributed by atoms with van der Waals surface area (Å²) in [5, 5.41) is 10.3. The Morgan fingerprint density at radius 2 is 1.95 bits per heavy atom. The van der Waals surface area contributed by atoms with Gasteiger partial charge in [-0.05, 0) is 19.9 Å². The van der Waals surface area contributed by atoms with Crippen molar-refractivity contribution in [3.8, 4) is 5.95 Å². The fraction of sp³-hybridized carbons (Fsp3) is 0.500. The highest BCUT2D eigenvalue weighted by atomic mass is 16.5. The molecule has 0 aromatic carbocycles. The number of hydrogen-bond donors (Lipinski definition) is 2. The maximum Gasteiger partial charge on any atom is 0.257 e. The Morgan fingerprint density at radius 3 is 2.60 bits per heavy atom. The highest BCUT2D eigenvalue weighted by Crippen LogP contribution is 2.08. The second-order valence-corrected chi connectivity index (χ2v) is 3.89. The molecule has 2 N–H and O–H groups in total. The van der Waals surface area contributed by atoms with Crippen LogP contribution in [0, 0.1) is 0 Å². The Morgan fingerprint density at radius 1 is 1.15 bits per heavy atom. The minimum atomic E-state index is 0.472. The Labute approximate surface area is 117 Å². The number of hydrogen-bond acceptors (Lipinski definition) is 7. The maximum atomic E-state index is 5.27. The summed E-state index contributed by atoms with van der Waals surface area (Å²) >= 11 is 0. The van der Waals surface area contributed by atoms with Crippen LogP contribution in [0.1, 0.15) is 13.8 Å². The first-order chi connectivity index (χ1) is 9.83. The zero-order valence-electron chi connectivity index (χ0n) is 11.7. The Hall–Kier alpha value is -2.22. The predicted molar refractivity (Wildman–Crippen MR) is 76.1 cm³/mol. The van der Waals surface area contributed by atoms with Gasteiger partial charge in [-0.1, -0.05) is 0 Å². The lowest BCUT2D eigenvalue weighted by Crippen LogP contribution is -2.15. The van der Waals surface area contributed by atoms with E-state index in [2.05, 4.69) is 30.7 Å². The molecule has 0 aliphatic heterocycles. The molecule has 2 rings (SSSR count). The monoisotopic (exact) mass is 277 g/mol. The maximum absolute atomic E-state index is 5.27. The van der Waals surface area contributed by atoms with E-state index in [1.165, 1.54) is 0 Å². The second kappa shape index (κ2) is 7.39. The lowest BCUT2D eigenvalue weighted by molar-refractivity contribution is 0.158. The first-order valence-corrected chi connectivity index (χ1v) is 6.65. The average Bonchev–Trinajstić information content (AvgIpc) is 2.98. The molecule has 0 bridgehead atoms. The van der Waals surface area contributed by atoms with Crippen molar-refractivity contribution in [2.24, 2.45) is 0 Å². The Balaban J connectivity index is 2.13. The van der Waals surface area contributed by atoms with Crippen LogP contribution < -0.4 is 10.6 Å². The number of nitrogens with one attached hydrogen (secondary N) is 2. The van der Waals surface area contributed by atoms with Gasteiger partial charge in [-0.15, -0.1) is 0 Å². The van der Waals surface area contributed by atoms with E-state index in [1.54, 1.807) is 17.1 Å². The number of nitrogens with zero attached hydrogens (tertiary/aromatic N) is 5. The number of ether oxygens (including phenoxy) is 1. The van der Waals surface area contributed by atoms with Crippen LogP contribution in [0.15, 0.2) is 18.5 Å². The van der Waals surface area contributed by atoms with Crippen molar-refractivity contribution in [2.75, 3.05) is 36.9 Å². The Bertz CT molecular complexity index is 515. The molecule has 0 atom stereocenters. The van der Waals surface area contributed by atoms with Crippen molar-refractivity contribution in [3.05, 3.63) is 18.5 Å². The summed E-state index contributed by atoms with van der Waals surface area (Å²) < 4.78 is 6.86. The van der Waals surface area contributed by atoms with E-state index in [9.17, 15) is 0 Å². The van der Waals surface area contributed by atoms with Crippen LogP contribution in [0.2, 0.25) is 0 Å². The van der Waals surface area contributed by atoms with Gasteiger partial charge in [0.15, 0.2) is 0 Å². The molecule has 0 saturated heterocycles. The zero-order chi connectivity index (χ0) is 14.2. The summed E-state index contributed by atoms with van der Waals surface area (Å²) in [5.74, 6) is 1.49. The van der Waals surface area contributed by atoms with Gasteiger partial charge in [0, 0.05) is 32.1 Å². The highest BCUT2D eigenvalue weighted by Gasteiger charge is 2.07. The van der Waals surface area contributed by atoms with Crippen LogP contribution in [0.4, 0.5) is 11.9 Å². The highest BCUT2D eigenvalue weighted by molar-refractivity contribution is 5.37. The average molecular weight is 277 g/mol. The summed E-state index contributed by atoms with van der Waals surface area (Å²) in [4.78, 5) is 12.9. The van der Waals surface area contributed by atoms with E-state index in [0.29, 0.717) is 37.6 Å². The molecule has 0 saturated carbocycles. The van der Waals surface area contributed by atoms with Gasteiger partial charge < -0.3 is 15.4 Å². The van der Waals surface area contributed by atoms with Crippen molar-refractivity contribution in [1.29, 1.82) is 0 Å². The third-order valence-electron chi connectivity index (χ3n) is 2.40. The molecule has 0 aliphatic rings. The third kappa shape index (κ3) is 3.89. The molecular formula is C12H19N7O. The molecule has 0 fully saturated rings. The molecule has 108 valence electrons. The number of anilines is 2. The van der Waals surface area contributed by atoms with Crippen LogP contribution in [-0.2, 0) is 4.74 Å². The molecule has 8 nitrogen and oxygen atoms in total. The van der Waals surface area contributed by atoms with Gasteiger partial charge in [0.05, 0.1) is 6.61 Å². The fourth-order valence-corrected chi connectivity index (χ4v) is 1.55. The van der Waals surface area contributed by atoms with E-state index in [0.717, 1.165) is 6.54 Å². The number of aromatic nitrogens is 5. The van der Waals surface area contributed by atoms with Gasteiger partial charge in [-0.2, -0.15) is 20.1 Å². The van der Waals surface area contributed by atoms with Gasteiger partial charge in [0.25, 0.3) is 5.95 Å². The Kier molecular flexibility index (Phi) is 5.24. The number of rotatable bonds is 8. The van der Waals surface area contributed by atoms with E-state index in [1.807, 2.05) is 19.9 Å². The summed E-state index contributed by atoms with van der Waals surface area (Å²) in [6.45, 7) is 6.63. The van der Waals surface area contributed by atoms with Crippen molar-refractivity contribution in [1.82, 2.24) is 24.7 Å². The molecule has 0 amide bonds. The first kappa shape index (κ1) is 14.2. The van der Waals surface area contributed by atoms with Crippen molar-refractivity contribution < 1.29 is 4.74 Å². The normalized spacial score (nSPS) is 10.5. The van der Waals surface area contributed by atoms with Crippen molar-refractivity contribution in [2.45, 2.75) is 13.8 Å². The van der Waals surface area contributed by atoms with Crippen LogP contribution in [0.25, 0.3) is 5.95 Å². The van der Waals surface area contributed by atoms with E-state index >= 15 is 0 Å². The molecule has 20 heavy (non-hydrogen) atoms. The lowest BCUT2D eigenvalue weighted by Gasteiger charge is -2.09. The molecule has 0 radical (unpaired) electrons. The van der Waals surface area contributed by atoms with E-state index in [4.69, 9.17) is 4.74 Å². The van der Waals surface area contributed by atoms with E-state index < -0.39 is 0 Å². The van der Waals surface area contributed by atoms with Gasteiger partial charge in [-0.25, -0.2) is 4.68 Å². The van der Waals surface area contributed by atoms with Crippen LogP contribution in [-0.4, -0.2) is 51.0 Å².